The number of rotatable bonds is 6. The molecule has 0 fully saturated rings. The molecule has 0 saturated carbocycles. The molecule has 6 nitrogen and oxygen atoms in total. The van der Waals surface area contributed by atoms with Gasteiger partial charge in [0.2, 0.25) is 0 Å². The minimum absolute atomic E-state index is 0.000167. The fraction of sp³-hybridized carbons (Fsp3) is 0.278. The van der Waals surface area contributed by atoms with E-state index in [1.54, 1.807) is 0 Å². The van der Waals surface area contributed by atoms with E-state index in [0.29, 0.717) is 4.68 Å². The van der Waals surface area contributed by atoms with E-state index < -0.39 is 41.3 Å². The molecule has 0 saturated heterocycles. The van der Waals surface area contributed by atoms with E-state index >= 15 is 0 Å². The number of aryl methyl sites for hydroxylation is 1. The summed E-state index contributed by atoms with van der Waals surface area (Å²) in [5.74, 6) is -7.71. The number of nitrogens with zero attached hydrogens (tertiary/aromatic N) is 4. The van der Waals surface area contributed by atoms with Gasteiger partial charge in [0, 0.05) is 30.2 Å². The summed E-state index contributed by atoms with van der Waals surface area (Å²) in [6.07, 6.45) is -8.74. The molecule has 18 heteroatoms. The van der Waals surface area contributed by atoms with Crippen LogP contribution in [0.5, 0.6) is 0 Å². The zero-order valence-corrected chi connectivity index (χ0v) is 20.4. The Hall–Kier alpha value is -2.36. The van der Waals surface area contributed by atoms with Crippen molar-refractivity contribution in [2.45, 2.75) is 18.3 Å². The van der Waals surface area contributed by atoms with E-state index in [2.05, 4.69) is 15.5 Å². The van der Waals surface area contributed by atoms with Crippen molar-refractivity contribution in [2.24, 2.45) is 7.05 Å². The average Bonchev–Trinajstić information content (AvgIpc) is 3.42. The standard InChI is InChI=1S/C18H10Cl3F8N5OS/c1-33-15(11(17(24,25)26)12(32-33)16(22,23)18(27,28)29)34-6-7(5-31-34)9-4-8(13(21)36-9)14(35)30-3-2-10(19)20/h2,4-6H,3H2,1H3,(H,30,35). The smallest absolute Gasteiger partial charge is 0.348 e. The van der Waals surface area contributed by atoms with Crippen LogP contribution in [0.2, 0.25) is 4.34 Å². The molecule has 36 heavy (non-hydrogen) atoms. The van der Waals surface area contributed by atoms with Gasteiger partial charge in [0.15, 0.2) is 11.5 Å². The third-order valence-corrected chi connectivity index (χ3v) is 6.20. The number of amides is 1. The average molecular weight is 603 g/mol. The highest BCUT2D eigenvalue weighted by molar-refractivity contribution is 7.19. The Kier molecular flexibility index (Phi) is 7.71. The highest BCUT2D eigenvalue weighted by Crippen LogP contribution is 2.49. The van der Waals surface area contributed by atoms with Gasteiger partial charge in [-0.2, -0.15) is 45.3 Å². The number of hydrogen-bond donors (Lipinski definition) is 1. The van der Waals surface area contributed by atoms with Crippen LogP contribution in [0.1, 0.15) is 21.6 Å². The molecule has 196 valence electrons. The van der Waals surface area contributed by atoms with Crippen molar-refractivity contribution in [3.05, 3.63) is 50.2 Å². The minimum Gasteiger partial charge on any atom is -0.348 e. The molecule has 0 aliphatic rings. The molecule has 1 N–H and O–H groups in total. The maximum absolute atomic E-state index is 13.9. The number of carbonyl (C=O) groups is 1. The Labute approximate surface area is 215 Å². The van der Waals surface area contributed by atoms with Crippen LogP contribution in [0.3, 0.4) is 0 Å². The maximum atomic E-state index is 13.9. The van der Waals surface area contributed by atoms with E-state index in [1.807, 2.05) is 0 Å². The topological polar surface area (TPSA) is 64.7 Å². The number of hydrogen-bond acceptors (Lipinski definition) is 4. The summed E-state index contributed by atoms with van der Waals surface area (Å²) < 4.78 is 108. The summed E-state index contributed by atoms with van der Waals surface area (Å²) in [6, 6.07) is 1.28. The lowest BCUT2D eigenvalue weighted by Crippen LogP contribution is -2.36. The minimum atomic E-state index is -6.33. The number of nitrogens with one attached hydrogen (secondary N) is 1. The van der Waals surface area contributed by atoms with Gasteiger partial charge < -0.3 is 5.32 Å². The fourth-order valence-corrected chi connectivity index (χ4v) is 4.34. The fourth-order valence-electron chi connectivity index (χ4n) is 2.94. The van der Waals surface area contributed by atoms with Crippen molar-refractivity contribution in [1.82, 2.24) is 24.9 Å². The van der Waals surface area contributed by atoms with Crippen LogP contribution in [-0.2, 0) is 19.1 Å². The summed E-state index contributed by atoms with van der Waals surface area (Å²) in [5, 5.41) is 8.94. The second-order valence-corrected chi connectivity index (χ2v) is 9.58. The van der Waals surface area contributed by atoms with Crippen LogP contribution in [0, 0.1) is 0 Å². The third kappa shape index (κ3) is 5.48. The Bertz CT molecular complexity index is 1320. The van der Waals surface area contributed by atoms with Crippen molar-refractivity contribution in [3.63, 3.8) is 0 Å². The lowest BCUT2D eigenvalue weighted by atomic mass is 10.1. The van der Waals surface area contributed by atoms with E-state index in [4.69, 9.17) is 34.8 Å². The molecular weight excluding hydrogens is 593 g/mol. The molecule has 0 aliphatic heterocycles. The molecule has 1 amide bonds. The Balaban J connectivity index is 2.04. The van der Waals surface area contributed by atoms with Crippen molar-refractivity contribution >= 4 is 52.0 Å². The van der Waals surface area contributed by atoms with Crippen molar-refractivity contribution in [3.8, 4) is 16.3 Å². The zero-order valence-electron chi connectivity index (χ0n) is 17.3. The number of carbonyl (C=O) groups excluding carboxylic acids is 1. The molecule has 0 unspecified atom stereocenters. The van der Waals surface area contributed by atoms with Gasteiger partial charge in [0.1, 0.15) is 14.4 Å². The largest absolute Gasteiger partial charge is 0.459 e. The monoisotopic (exact) mass is 601 g/mol. The van der Waals surface area contributed by atoms with Crippen LogP contribution in [-0.4, -0.2) is 38.2 Å². The second kappa shape index (κ2) is 9.84. The van der Waals surface area contributed by atoms with Crippen molar-refractivity contribution < 1.29 is 39.9 Å². The first-order valence-electron chi connectivity index (χ1n) is 9.18. The summed E-state index contributed by atoms with van der Waals surface area (Å²) in [4.78, 5) is 12.5. The third-order valence-electron chi connectivity index (χ3n) is 4.49. The van der Waals surface area contributed by atoms with E-state index in [1.165, 1.54) is 12.1 Å². The number of aromatic nitrogens is 4. The molecule has 0 radical (unpaired) electrons. The SMILES string of the molecule is Cn1nc(C(F)(F)C(F)(F)F)c(C(F)(F)F)c1-n1cc(-c2cc(C(=O)NCC=C(Cl)Cl)c(Cl)s2)cn1. The maximum Gasteiger partial charge on any atom is 0.459 e. The van der Waals surface area contributed by atoms with E-state index in [-0.39, 0.29) is 36.1 Å². The van der Waals surface area contributed by atoms with Gasteiger partial charge in [-0.15, -0.1) is 11.3 Å². The van der Waals surface area contributed by atoms with Gasteiger partial charge in [-0.3, -0.25) is 4.79 Å². The van der Waals surface area contributed by atoms with Gasteiger partial charge >= 0.3 is 18.3 Å². The molecule has 0 spiro atoms. The highest BCUT2D eigenvalue weighted by Gasteiger charge is 2.64. The van der Waals surface area contributed by atoms with Gasteiger partial charge in [0.05, 0.1) is 11.8 Å². The number of thiophene rings is 1. The summed E-state index contributed by atoms with van der Waals surface area (Å²) >= 11 is 17.8. The molecule has 0 bridgehead atoms. The second-order valence-electron chi connectivity index (χ2n) is 6.92. The molecular formula is C18H10Cl3F8N5OS. The van der Waals surface area contributed by atoms with Gasteiger partial charge in [-0.1, -0.05) is 34.8 Å². The molecule has 0 atom stereocenters. The number of halogens is 11. The van der Waals surface area contributed by atoms with Gasteiger partial charge in [-0.05, 0) is 12.1 Å². The molecule has 3 aromatic heterocycles. The first-order chi connectivity index (χ1) is 16.4. The quantitative estimate of drug-likeness (QED) is 0.319. The first-order valence-corrected chi connectivity index (χ1v) is 11.1. The highest BCUT2D eigenvalue weighted by atomic mass is 35.5. The lowest BCUT2D eigenvalue weighted by Gasteiger charge is -2.19. The van der Waals surface area contributed by atoms with E-state index in [9.17, 15) is 39.9 Å². The van der Waals surface area contributed by atoms with Crippen LogP contribution >= 0.6 is 46.1 Å². The van der Waals surface area contributed by atoms with Crippen LogP contribution in [0.25, 0.3) is 16.3 Å². The summed E-state index contributed by atoms with van der Waals surface area (Å²) in [5.41, 5.74) is -4.74. The Morgan fingerprint density at radius 1 is 1.17 bits per heavy atom. The van der Waals surface area contributed by atoms with E-state index in [0.717, 1.165) is 30.8 Å². The van der Waals surface area contributed by atoms with Gasteiger partial charge in [0.25, 0.3) is 5.91 Å². The molecule has 0 aromatic carbocycles. The molecule has 3 rings (SSSR count). The summed E-state index contributed by atoms with van der Waals surface area (Å²) in [6.45, 7) is -0.0355. The Morgan fingerprint density at radius 2 is 1.81 bits per heavy atom. The van der Waals surface area contributed by atoms with Gasteiger partial charge in [-0.25, -0.2) is 9.36 Å². The van der Waals surface area contributed by atoms with Crippen LogP contribution < -0.4 is 5.32 Å². The summed E-state index contributed by atoms with van der Waals surface area (Å²) in [7, 11) is 0.758. The first kappa shape index (κ1) is 28.2. The molecule has 3 heterocycles. The lowest BCUT2D eigenvalue weighted by molar-refractivity contribution is -0.292. The van der Waals surface area contributed by atoms with Crippen LogP contribution in [0.4, 0.5) is 35.1 Å². The Morgan fingerprint density at radius 3 is 2.36 bits per heavy atom. The van der Waals surface area contributed by atoms with Crippen LogP contribution in [0.15, 0.2) is 29.0 Å². The predicted octanol–water partition coefficient (Wildman–Crippen LogP) is 6.71. The molecule has 0 aliphatic carbocycles. The number of alkyl halides is 8. The van der Waals surface area contributed by atoms with Crippen molar-refractivity contribution in [2.75, 3.05) is 6.54 Å². The van der Waals surface area contributed by atoms with Crippen molar-refractivity contribution in [1.29, 1.82) is 0 Å². The molecule has 3 aromatic rings. The predicted molar refractivity (Wildman–Crippen MR) is 116 cm³/mol. The zero-order chi connectivity index (χ0) is 27.2. The normalized spacial score (nSPS) is 12.7.